The van der Waals surface area contributed by atoms with Crippen LogP contribution in [-0.2, 0) is 11.3 Å². The number of rotatable bonds is 2. The van der Waals surface area contributed by atoms with Crippen LogP contribution in [0.4, 0.5) is 25.8 Å². The Morgan fingerprint density at radius 3 is 2.37 bits per heavy atom. The van der Waals surface area contributed by atoms with Crippen molar-refractivity contribution < 1.29 is 13.6 Å². The van der Waals surface area contributed by atoms with Crippen LogP contribution < -0.4 is 9.80 Å². The molecule has 2 aliphatic heterocycles. The Kier molecular flexibility index (Phi) is 4.83. The molecule has 1 fully saturated rings. The Morgan fingerprint density at radius 1 is 0.852 bits per heavy atom. The number of hydrogen-bond acceptors (Lipinski definition) is 3. The van der Waals surface area contributed by atoms with E-state index in [0.717, 1.165) is 55.5 Å². The zero-order valence-electron chi connectivity index (χ0n) is 15.4. The predicted octanol–water partition coefficient (Wildman–Crippen LogP) is 4.07. The molecule has 1 saturated heterocycles. The molecule has 0 aliphatic carbocycles. The molecule has 0 aromatic heterocycles. The van der Waals surface area contributed by atoms with Gasteiger partial charge >= 0.3 is 0 Å². The molecular weight excluding hydrogens is 348 g/mol. The van der Waals surface area contributed by atoms with Crippen molar-refractivity contribution in [2.75, 3.05) is 36.5 Å². The lowest BCUT2D eigenvalue weighted by molar-refractivity contribution is -0.119. The molecule has 0 atom stereocenters. The van der Waals surface area contributed by atoms with E-state index in [-0.39, 0.29) is 5.91 Å². The molecule has 1 amide bonds. The standard InChI is InChI=1S/C21H23F2N3O/c1-24-8-9-25(19-12-16(22)11-17(23)13-19)20-6-5-18(10-15(20)14-24)26-7-3-2-4-21(26)27/h5-6,10-13H,2-4,7-9,14H2,1H3. The van der Waals surface area contributed by atoms with Crippen LogP contribution >= 0.6 is 0 Å². The van der Waals surface area contributed by atoms with Crippen molar-refractivity contribution in [2.45, 2.75) is 25.8 Å². The van der Waals surface area contributed by atoms with Gasteiger partial charge in [0, 0.05) is 55.7 Å². The molecule has 4 rings (SSSR count). The number of carbonyl (C=O) groups excluding carboxylic acids is 1. The molecule has 0 saturated carbocycles. The van der Waals surface area contributed by atoms with E-state index in [9.17, 15) is 13.6 Å². The fourth-order valence-electron chi connectivity index (χ4n) is 3.93. The Morgan fingerprint density at radius 2 is 1.63 bits per heavy atom. The first-order valence-electron chi connectivity index (χ1n) is 9.37. The topological polar surface area (TPSA) is 26.8 Å². The average molecular weight is 371 g/mol. The highest BCUT2D eigenvalue weighted by molar-refractivity contribution is 5.94. The number of amides is 1. The van der Waals surface area contributed by atoms with E-state index in [2.05, 4.69) is 4.90 Å². The van der Waals surface area contributed by atoms with Gasteiger partial charge in [0.05, 0.1) is 0 Å². The first-order chi connectivity index (χ1) is 13.0. The maximum atomic E-state index is 13.8. The summed E-state index contributed by atoms with van der Waals surface area (Å²) in [4.78, 5) is 18.3. The summed E-state index contributed by atoms with van der Waals surface area (Å²) < 4.78 is 27.5. The highest BCUT2D eigenvalue weighted by Gasteiger charge is 2.24. The second-order valence-electron chi connectivity index (χ2n) is 7.33. The molecular formula is C21H23F2N3O. The van der Waals surface area contributed by atoms with Gasteiger partial charge in [-0.2, -0.15) is 0 Å². The minimum Gasteiger partial charge on any atom is -0.340 e. The summed E-state index contributed by atoms with van der Waals surface area (Å²) in [6.45, 7) is 2.87. The second-order valence-corrected chi connectivity index (χ2v) is 7.33. The molecule has 2 aliphatic rings. The van der Waals surface area contributed by atoms with Crippen LogP contribution in [0, 0.1) is 11.6 Å². The molecule has 4 nitrogen and oxygen atoms in total. The third-order valence-electron chi connectivity index (χ3n) is 5.29. The lowest BCUT2D eigenvalue weighted by Crippen LogP contribution is -2.35. The maximum absolute atomic E-state index is 13.8. The molecule has 0 N–H and O–H groups in total. The molecule has 2 aromatic rings. The van der Waals surface area contributed by atoms with Gasteiger partial charge in [-0.15, -0.1) is 0 Å². The van der Waals surface area contributed by atoms with Crippen LogP contribution in [0.15, 0.2) is 36.4 Å². The maximum Gasteiger partial charge on any atom is 0.226 e. The van der Waals surface area contributed by atoms with Gasteiger partial charge < -0.3 is 14.7 Å². The van der Waals surface area contributed by atoms with E-state index in [1.54, 1.807) is 0 Å². The molecule has 142 valence electrons. The SMILES string of the molecule is CN1CCN(c2cc(F)cc(F)c2)c2ccc(N3CCCCC3=O)cc2C1. The number of nitrogens with zero attached hydrogens (tertiary/aromatic N) is 3. The Balaban J connectivity index is 1.75. The molecule has 0 bridgehead atoms. The van der Waals surface area contributed by atoms with Crippen LogP contribution in [0.5, 0.6) is 0 Å². The number of halogens is 2. The summed E-state index contributed by atoms with van der Waals surface area (Å²) >= 11 is 0. The third kappa shape index (κ3) is 3.67. The summed E-state index contributed by atoms with van der Waals surface area (Å²) in [6, 6.07) is 9.56. The highest BCUT2D eigenvalue weighted by Crippen LogP contribution is 2.35. The Hall–Kier alpha value is -2.47. The summed E-state index contributed by atoms with van der Waals surface area (Å²) in [5.41, 5.74) is 3.39. The van der Waals surface area contributed by atoms with Gasteiger partial charge in [-0.25, -0.2) is 8.78 Å². The predicted molar refractivity (Wildman–Crippen MR) is 102 cm³/mol. The normalized spacial score (nSPS) is 18.4. The van der Waals surface area contributed by atoms with Crippen molar-refractivity contribution in [2.24, 2.45) is 0 Å². The lowest BCUT2D eigenvalue weighted by Gasteiger charge is -2.29. The quantitative estimate of drug-likeness (QED) is 0.796. The van der Waals surface area contributed by atoms with E-state index in [1.807, 2.05) is 35.0 Å². The average Bonchev–Trinajstić information content (AvgIpc) is 2.79. The fraction of sp³-hybridized carbons (Fsp3) is 0.381. The summed E-state index contributed by atoms with van der Waals surface area (Å²) in [5.74, 6) is -1.01. The van der Waals surface area contributed by atoms with Crippen molar-refractivity contribution >= 4 is 23.0 Å². The number of anilines is 3. The largest absolute Gasteiger partial charge is 0.340 e. The van der Waals surface area contributed by atoms with Crippen molar-refractivity contribution in [1.82, 2.24) is 4.90 Å². The third-order valence-corrected chi connectivity index (χ3v) is 5.29. The summed E-state index contributed by atoms with van der Waals surface area (Å²) in [5, 5.41) is 0. The van der Waals surface area contributed by atoms with Gasteiger partial charge in [-0.3, -0.25) is 4.79 Å². The Bertz CT molecular complexity index is 850. The lowest BCUT2D eigenvalue weighted by atomic mass is 10.1. The molecule has 6 heteroatoms. The van der Waals surface area contributed by atoms with Crippen molar-refractivity contribution in [3.63, 3.8) is 0 Å². The van der Waals surface area contributed by atoms with Gasteiger partial charge in [-0.05, 0) is 55.8 Å². The summed E-state index contributed by atoms with van der Waals surface area (Å²) in [7, 11) is 2.03. The summed E-state index contributed by atoms with van der Waals surface area (Å²) in [6.07, 6.45) is 2.55. The molecule has 0 radical (unpaired) electrons. The zero-order valence-corrected chi connectivity index (χ0v) is 15.4. The van der Waals surface area contributed by atoms with E-state index in [1.165, 1.54) is 12.1 Å². The number of hydrogen-bond donors (Lipinski definition) is 0. The number of benzene rings is 2. The minimum atomic E-state index is -0.584. The number of likely N-dealkylation sites (N-methyl/N-ethyl adjacent to an activating group) is 1. The molecule has 0 unspecified atom stereocenters. The molecule has 2 aromatic carbocycles. The molecule has 27 heavy (non-hydrogen) atoms. The number of fused-ring (bicyclic) bond motifs is 1. The van der Waals surface area contributed by atoms with Crippen molar-refractivity contribution in [3.8, 4) is 0 Å². The monoisotopic (exact) mass is 371 g/mol. The number of piperidine rings is 1. The van der Waals surface area contributed by atoms with Crippen LogP contribution in [-0.4, -0.2) is 37.5 Å². The molecule has 0 spiro atoms. The molecule has 2 heterocycles. The first kappa shape index (κ1) is 17.9. The van der Waals surface area contributed by atoms with Gasteiger partial charge in [0.1, 0.15) is 11.6 Å². The highest BCUT2D eigenvalue weighted by atomic mass is 19.1. The van der Waals surface area contributed by atoms with E-state index in [0.29, 0.717) is 18.7 Å². The first-order valence-corrected chi connectivity index (χ1v) is 9.37. The zero-order chi connectivity index (χ0) is 19.0. The van der Waals surface area contributed by atoms with E-state index < -0.39 is 11.6 Å². The van der Waals surface area contributed by atoms with Crippen LogP contribution in [0.3, 0.4) is 0 Å². The van der Waals surface area contributed by atoms with Gasteiger partial charge in [0.25, 0.3) is 0 Å². The van der Waals surface area contributed by atoms with Crippen LogP contribution in [0.1, 0.15) is 24.8 Å². The van der Waals surface area contributed by atoms with Crippen LogP contribution in [0.25, 0.3) is 0 Å². The van der Waals surface area contributed by atoms with Gasteiger partial charge in [-0.1, -0.05) is 0 Å². The van der Waals surface area contributed by atoms with Gasteiger partial charge in [0.15, 0.2) is 0 Å². The van der Waals surface area contributed by atoms with Crippen molar-refractivity contribution in [1.29, 1.82) is 0 Å². The fourth-order valence-corrected chi connectivity index (χ4v) is 3.93. The van der Waals surface area contributed by atoms with Crippen molar-refractivity contribution in [3.05, 3.63) is 53.6 Å². The van der Waals surface area contributed by atoms with Crippen LogP contribution in [0.2, 0.25) is 0 Å². The van der Waals surface area contributed by atoms with Gasteiger partial charge in [0.2, 0.25) is 5.91 Å². The van der Waals surface area contributed by atoms with E-state index >= 15 is 0 Å². The minimum absolute atomic E-state index is 0.159. The smallest absolute Gasteiger partial charge is 0.226 e. The Labute approximate surface area is 158 Å². The number of carbonyl (C=O) groups is 1. The van der Waals surface area contributed by atoms with E-state index in [4.69, 9.17) is 0 Å². The second kappa shape index (κ2) is 7.27.